The minimum absolute atomic E-state index is 0.259. The number of carbonyl (C=O) groups excluding carboxylic acids is 2. The van der Waals surface area contributed by atoms with Crippen LogP contribution in [0.4, 0.5) is 11.4 Å². The summed E-state index contributed by atoms with van der Waals surface area (Å²) in [6.07, 6.45) is 3.45. The highest BCUT2D eigenvalue weighted by atomic mass is 35.5. The topological polar surface area (TPSA) is 73.8 Å². The number of rotatable bonds is 8. The lowest BCUT2D eigenvalue weighted by molar-refractivity contribution is 0.102. The number of nitrogens with zero attached hydrogens (tertiary/aromatic N) is 2. The first-order valence-electron chi connectivity index (χ1n) is 10.4. The fourth-order valence-electron chi connectivity index (χ4n) is 2.88. The van der Waals surface area contributed by atoms with E-state index in [1.807, 2.05) is 43.2 Å². The van der Waals surface area contributed by atoms with Crippen molar-refractivity contribution in [2.75, 3.05) is 24.2 Å². The lowest BCUT2D eigenvalue weighted by atomic mass is 10.1. The number of hydrazone groups is 1. The summed E-state index contributed by atoms with van der Waals surface area (Å²) in [6.45, 7) is 6.53. The molecule has 7 heteroatoms. The molecule has 0 aromatic heterocycles. The van der Waals surface area contributed by atoms with Gasteiger partial charge in [-0.3, -0.25) is 9.59 Å². The molecular weight excluding hydrogens is 436 g/mol. The van der Waals surface area contributed by atoms with Crippen LogP contribution in [-0.2, 0) is 0 Å². The van der Waals surface area contributed by atoms with Gasteiger partial charge in [0, 0.05) is 29.9 Å². The molecule has 0 aliphatic carbocycles. The van der Waals surface area contributed by atoms with Gasteiger partial charge in [-0.25, -0.2) is 0 Å². The van der Waals surface area contributed by atoms with Gasteiger partial charge < -0.3 is 15.6 Å². The van der Waals surface area contributed by atoms with E-state index in [4.69, 9.17) is 11.6 Å². The third-order valence-corrected chi connectivity index (χ3v) is 5.15. The molecule has 2 N–H and O–H groups in total. The van der Waals surface area contributed by atoms with Crippen molar-refractivity contribution < 1.29 is 9.59 Å². The molecule has 0 bridgehead atoms. The van der Waals surface area contributed by atoms with Gasteiger partial charge in [0.05, 0.1) is 17.5 Å². The van der Waals surface area contributed by atoms with E-state index in [9.17, 15) is 9.59 Å². The Balaban J connectivity index is 1.75. The summed E-state index contributed by atoms with van der Waals surface area (Å²) >= 11 is 6.12. The Morgan fingerprint density at radius 1 is 0.970 bits per heavy atom. The first-order valence-corrected chi connectivity index (χ1v) is 10.8. The molecule has 0 spiro atoms. The molecule has 6 nitrogen and oxygen atoms in total. The van der Waals surface area contributed by atoms with E-state index in [0.717, 1.165) is 17.7 Å². The minimum Gasteiger partial charge on any atom is -0.322 e. The van der Waals surface area contributed by atoms with Crippen molar-refractivity contribution in [3.8, 4) is 0 Å². The van der Waals surface area contributed by atoms with E-state index < -0.39 is 0 Å². The third-order valence-electron chi connectivity index (χ3n) is 4.91. The Kier molecular flexibility index (Phi) is 8.00. The van der Waals surface area contributed by atoms with Crippen LogP contribution in [-0.4, -0.2) is 36.6 Å². The van der Waals surface area contributed by atoms with Crippen molar-refractivity contribution in [1.29, 1.82) is 0 Å². The highest BCUT2D eigenvalue weighted by Gasteiger charge is 2.16. The molecule has 0 saturated heterocycles. The predicted octanol–water partition coefficient (Wildman–Crippen LogP) is 5.77. The molecule has 3 aromatic carbocycles. The molecule has 168 valence electrons. The molecular formula is C26H25ClN4O2. The van der Waals surface area contributed by atoms with Gasteiger partial charge in [0.2, 0.25) is 0 Å². The van der Waals surface area contributed by atoms with Gasteiger partial charge in [-0.05, 0) is 60.5 Å². The van der Waals surface area contributed by atoms with Gasteiger partial charge >= 0.3 is 0 Å². The zero-order valence-corrected chi connectivity index (χ0v) is 19.3. The van der Waals surface area contributed by atoms with E-state index in [-0.39, 0.29) is 17.4 Å². The van der Waals surface area contributed by atoms with Crippen molar-refractivity contribution in [2.24, 2.45) is 5.10 Å². The average molecular weight is 461 g/mol. The monoisotopic (exact) mass is 460 g/mol. The van der Waals surface area contributed by atoms with Gasteiger partial charge in [-0.1, -0.05) is 48.5 Å². The van der Waals surface area contributed by atoms with Crippen LogP contribution in [0.3, 0.4) is 0 Å². The van der Waals surface area contributed by atoms with E-state index in [1.165, 1.54) is 6.07 Å². The largest absolute Gasteiger partial charge is 0.322 e. The van der Waals surface area contributed by atoms with E-state index >= 15 is 0 Å². The molecule has 3 aromatic rings. The lowest BCUT2D eigenvalue weighted by Crippen LogP contribution is -2.18. The fraction of sp³-hybridized carbons (Fsp3) is 0.115. The normalized spacial score (nSPS) is 10.6. The number of halogens is 1. The second kappa shape index (κ2) is 11.1. The molecule has 0 fully saturated rings. The van der Waals surface area contributed by atoms with Crippen LogP contribution in [0.1, 0.15) is 38.8 Å². The van der Waals surface area contributed by atoms with Crippen LogP contribution in [0.15, 0.2) is 78.4 Å². The van der Waals surface area contributed by atoms with E-state index in [2.05, 4.69) is 22.3 Å². The second-order valence-corrected chi connectivity index (χ2v) is 7.70. The van der Waals surface area contributed by atoms with Crippen LogP contribution in [0, 0.1) is 0 Å². The smallest absolute Gasteiger partial charge is 0.257 e. The van der Waals surface area contributed by atoms with Gasteiger partial charge in [0.25, 0.3) is 11.8 Å². The van der Waals surface area contributed by atoms with E-state index in [0.29, 0.717) is 22.0 Å². The molecule has 0 aliphatic rings. The number of anilines is 2. The molecule has 0 saturated carbocycles. The van der Waals surface area contributed by atoms with Crippen LogP contribution in [0.2, 0.25) is 5.02 Å². The molecule has 0 radical (unpaired) electrons. The molecule has 33 heavy (non-hydrogen) atoms. The number of hydrogen-bond acceptors (Lipinski definition) is 4. The third kappa shape index (κ3) is 6.54. The summed E-state index contributed by atoms with van der Waals surface area (Å²) in [5.74, 6) is -0.721. The summed E-state index contributed by atoms with van der Waals surface area (Å²) in [7, 11) is 1.88. The van der Waals surface area contributed by atoms with Crippen molar-refractivity contribution in [3.63, 3.8) is 0 Å². The van der Waals surface area contributed by atoms with Gasteiger partial charge in [0.15, 0.2) is 0 Å². The van der Waals surface area contributed by atoms with Crippen molar-refractivity contribution in [3.05, 3.63) is 101 Å². The quantitative estimate of drug-likeness (QED) is 0.331. The maximum atomic E-state index is 12.9. The number of amides is 2. The fourth-order valence-corrected chi connectivity index (χ4v) is 3.05. The summed E-state index contributed by atoms with van der Waals surface area (Å²) in [4.78, 5) is 25.7. The minimum atomic E-state index is -0.384. The molecule has 0 unspecified atom stereocenters. The van der Waals surface area contributed by atoms with Crippen LogP contribution < -0.4 is 10.6 Å². The molecule has 0 aliphatic heterocycles. The summed E-state index contributed by atoms with van der Waals surface area (Å²) in [5.41, 5.74) is 3.51. The van der Waals surface area contributed by atoms with Crippen molar-refractivity contribution in [1.82, 2.24) is 5.01 Å². The first-order chi connectivity index (χ1) is 15.9. The van der Waals surface area contributed by atoms with Gasteiger partial charge in [-0.2, -0.15) is 5.10 Å². The van der Waals surface area contributed by atoms with Gasteiger partial charge in [0.1, 0.15) is 0 Å². The Labute approximate surface area is 198 Å². The van der Waals surface area contributed by atoms with Crippen molar-refractivity contribution in [2.45, 2.75) is 6.92 Å². The molecule has 0 atom stereocenters. The van der Waals surface area contributed by atoms with Crippen LogP contribution >= 0.6 is 11.6 Å². The number of benzene rings is 3. The summed E-state index contributed by atoms with van der Waals surface area (Å²) < 4.78 is 0. The van der Waals surface area contributed by atoms with Crippen LogP contribution in [0.5, 0.6) is 0 Å². The molecule has 2 amide bonds. The van der Waals surface area contributed by atoms with Gasteiger partial charge in [-0.15, -0.1) is 0 Å². The maximum Gasteiger partial charge on any atom is 0.257 e. The van der Waals surface area contributed by atoms with E-state index in [1.54, 1.807) is 48.7 Å². The Hall–Kier alpha value is -3.90. The number of carbonyl (C=O) groups is 2. The lowest BCUT2D eigenvalue weighted by Gasteiger charge is -2.13. The Morgan fingerprint density at radius 3 is 2.27 bits per heavy atom. The number of hydrogen-bond donors (Lipinski definition) is 2. The SMILES string of the molecule is C=Cc1ccc(NC(=O)c2cc(Cl)ccc2NC(=O)c2ccc(C=NN(C)CC)cc2)cc1. The molecule has 3 rings (SSSR count). The first kappa shape index (κ1) is 23.8. The highest BCUT2D eigenvalue weighted by molar-refractivity contribution is 6.31. The van der Waals surface area contributed by atoms with Crippen LogP contribution in [0.25, 0.3) is 6.08 Å². The summed E-state index contributed by atoms with van der Waals surface area (Å²) in [5, 5.41) is 12.1. The predicted molar refractivity (Wildman–Crippen MR) is 136 cm³/mol. The molecule has 0 heterocycles. The standard InChI is InChI=1S/C26H25ClN4O2/c1-4-18-8-13-22(14-9-18)29-26(33)23-16-21(27)12-15-24(23)30-25(32)20-10-6-19(7-11-20)17-28-31(3)5-2/h4,6-17H,1,5H2,2-3H3,(H,29,33)(H,30,32). The highest BCUT2D eigenvalue weighted by Crippen LogP contribution is 2.23. The zero-order valence-electron chi connectivity index (χ0n) is 18.5. The summed E-state index contributed by atoms with van der Waals surface area (Å²) in [6, 6.07) is 19.0. The Bertz CT molecular complexity index is 1170. The number of nitrogens with one attached hydrogen (secondary N) is 2. The zero-order chi connectivity index (χ0) is 23.8. The second-order valence-electron chi connectivity index (χ2n) is 7.26. The van der Waals surface area contributed by atoms with Crippen molar-refractivity contribution >= 4 is 47.1 Å². The average Bonchev–Trinajstić information content (AvgIpc) is 2.84. The maximum absolute atomic E-state index is 12.9. The Morgan fingerprint density at radius 2 is 1.64 bits per heavy atom.